The molecule has 0 aliphatic carbocycles. The molecule has 0 saturated carbocycles. The number of para-hydroxylation sites is 1. The van der Waals surface area contributed by atoms with Gasteiger partial charge in [0, 0.05) is 18.7 Å². The third-order valence-corrected chi connectivity index (χ3v) is 2.83. The predicted molar refractivity (Wildman–Crippen MR) is 70.0 cm³/mol. The van der Waals surface area contributed by atoms with Crippen molar-refractivity contribution in [3.05, 3.63) is 65.2 Å². The maximum absolute atomic E-state index is 13.0. The second kappa shape index (κ2) is 6.74. The molecule has 0 spiro atoms. The fraction of sp³-hybridized carbons (Fsp3) is 0.200. The zero-order valence-electron chi connectivity index (χ0n) is 11.3. The maximum Gasteiger partial charge on any atom is 0.573 e. The Labute approximate surface area is 123 Å². The molecule has 2 nitrogen and oxygen atoms in total. The summed E-state index contributed by atoms with van der Waals surface area (Å²) in [4.78, 5) is 0. The lowest BCUT2D eigenvalue weighted by Gasteiger charge is -2.13. The summed E-state index contributed by atoms with van der Waals surface area (Å²) < 4.78 is 66.5. The summed E-state index contributed by atoms with van der Waals surface area (Å²) in [5, 5.41) is 2.85. The van der Waals surface area contributed by atoms with Crippen LogP contribution in [0.25, 0.3) is 0 Å². The summed E-state index contributed by atoms with van der Waals surface area (Å²) in [5.74, 6) is -2.22. The van der Waals surface area contributed by atoms with Gasteiger partial charge in [0.15, 0.2) is 11.6 Å². The third kappa shape index (κ3) is 4.70. The van der Waals surface area contributed by atoms with Crippen molar-refractivity contribution in [1.29, 1.82) is 0 Å². The SMILES string of the molecule is Fc1ccc(CNCc2ccccc2OC(F)(F)F)cc1F. The number of nitrogens with one attached hydrogen (secondary N) is 1. The normalized spacial score (nSPS) is 11.5. The van der Waals surface area contributed by atoms with Crippen molar-refractivity contribution in [2.45, 2.75) is 19.5 Å². The van der Waals surface area contributed by atoms with Crippen LogP contribution in [0.5, 0.6) is 5.75 Å². The van der Waals surface area contributed by atoms with Crippen LogP contribution in [0.2, 0.25) is 0 Å². The molecule has 0 radical (unpaired) electrons. The average Bonchev–Trinajstić information content (AvgIpc) is 2.43. The molecule has 2 aromatic rings. The highest BCUT2D eigenvalue weighted by Gasteiger charge is 2.31. The van der Waals surface area contributed by atoms with E-state index in [1.165, 1.54) is 24.3 Å². The van der Waals surface area contributed by atoms with Crippen LogP contribution < -0.4 is 10.1 Å². The molecule has 0 saturated heterocycles. The van der Waals surface area contributed by atoms with Crippen molar-refractivity contribution < 1.29 is 26.7 Å². The maximum atomic E-state index is 13.0. The molecule has 0 amide bonds. The highest BCUT2D eigenvalue weighted by Crippen LogP contribution is 2.26. The molecular weight excluding hydrogens is 305 g/mol. The van der Waals surface area contributed by atoms with Crippen LogP contribution in [0, 0.1) is 11.6 Å². The Morgan fingerprint density at radius 1 is 0.909 bits per heavy atom. The molecule has 0 fully saturated rings. The van der Waals surface area contributed by atoms with Crippen molar-refractivity contribution in [2.75, 3.05) is 0 Å². The van der Waals surface area contributed by atoms with Crippen LogP contribution in [-0.4, -0.2) is 6.36 Å². The molecule has 118 valence electrons. The highest BCUT2D eigenvalue weighted by molar-refractivity contribution is 5.33. The minimum atomic E-state index is -4.77. The average molecular weight is 317 g/mol. The van der Waals surface area contributed by atoms with E-state index in [4.69, 9.17) is 0 Å². The van der Waals surface area contributed by atoms with E-state index in [-0.39, 0.29) is 18.8 Å². The zero-order valence-corrected chi connectivity index (χ0v) is 11.3. The standard InChI is InChI=1S/C15H12F5NO/c16-12-6-5-10(7-13(12)17)8-21-9-11-3-1-2-4-14(11)22-15(18,19)20/h1-7,21H,8-9H2. The minimum absolute atomic E-state index is 0.0885. The van der Waals surface area contributed by atoms with E-state index in [9.17, 15) is 22.0 Å². The van der Waals surface area contributed by atoms with Gasteiger partial charge >= 0.3 is 6.36 Å². The molecule has 0 heterocycles. The molecule has 0 aliphatic heterocycles. The van der Waals surface area contributed by atoms with Gasteiger partial charge in [-0.25, -0.2) is 8.78 Å². The van der Waals surface area contributed by atoms with Gasteiger partial charge in [-0.2, -0.15) is 0 Å². The van der Waals surface area contributed by atoms with Crippen LogP contribution in [0.15, 0.2) is 42.5 Å². The van der Waals surface area contributed by atoms with Gasteiger partial charge in [-0.15, -0.1) is 13.2 Å². The number of hydrogen-bond donors (Lipinski definition) is 1. The van der Waals surface area contributed by atoms with Gasteiger partial charge in [0.05, 0.1) is 0 Å². The Balaban J connectivity index is 1.98. The molecule has 0 aliphatic rings. The number of alkyl halides is 3. The summed E-state index contributed by atoms with van der Waals surface area (Å²) in [5.41, 5.74) is 0.788. The number of hydrogen-bond acceptors (Lipinski definition) is 2. The van der Waals surface area contributed by atoms with E-state index in [1.54, 1.807) is 6.07 Å². The quantitative estimate of drug-likeness (QED) is 0.836. The number of halogens is 5. The van der Waals surface area contributed by atoms with E-state index in [0.29, 0.717) is 11.1 Å². The first-order chi connectivity index (χ1) is 10.3. The Morgan fingerprint density at radius 3 is 2.32 bits per heavy atom. The highest BCUT2D eigenvalue weighted by atomic mass is 19.4. The lowest BCUT2D eigenvalue weighted by Crippen LogP contribution is -2.20. The first kappa shape index (κ1) is 16.2. The van der Waals surface area contributed by atoms with Crippen molar-refractivity contribution in [2.24, 2.45) is 0 Å². The van der Waals surface area contributed by atoms with Crippen LogP contribution in [0.1, 0.15) is 11.1 Å². The summed E-state index contributed by atoms with van der Waals surface area (Å²) in [6.45, 7) is 0.267. The van der Waals surface area contributed by atoms with Crippen LogP contribution in [0.3, 0.4) is 0 Å². The lowest BCUT2D eigenvalue weighted by atomic mass is 10.2. The number of benzene rings is 2. The Kier molecular flexibility index (Phi) is 4.97. The van der Waals surface area contributed by atoms with E-state index >= 15 is 0 Å². The summed E-state index contributed by atoms with van der Waals surface area (Å²) in [6.07, 6.45) is -4.77. The molecule has 0 aromatic heterocycles. The molecule has 0 unspecified atom stereocenters. The van der Waals surface area contributed by atoms with Gasteiger partial charge in [0.1, 0.15) is 5.75 Å². The van der Waals surface area contributed by atoms with Crippen LogP contribution >= 0.6 is 0 Å². The second-order valence-corrected chi connectivity index (χ2v) is 4.51. The largest absolute Gasteiger partial charge is 0.573 e. The molecule has 0 bridgehead atoms. The van der Waals surface area contributed by atoms with E-state index < -0.39 is 18.0 Å². The van der Waals surface area contributed by atoms with Crippen molar-refractivity contribution in [1.82, 2.24) is 5.32 Å². The Hall–Kier alpha value is -2.15. The minimum Gasteiger partial charge on any atom is -0.405 e. The van der Waals surface area contributed by atoms with E-state index in [1.807, 2.05) is 0 Å². The van der Waals surface area contributed by atoms with Crippen LogP contribution in [-0.2, 0) is 13.1 Å². The van der Waals surface area contributed by atoms with Gasteiger partial charge in [-0.05, 0) is 23.8 Å². The lowest BCUT2D eigenvalue weighted by molar-refractivity contribution is -0.274. The van der Waals surface area contributed by atoms with Gasteiger partial charge in [-0.3, -0.25) is 0 Å². The first-order valence-electron chi connectivity index (χ1n) is 6.33. The van der Waals surface area contributed by atoms with E-state index in [2.05, 4.69) is 10.1 Å². The van der Waals surface area contributed by atoms with Gasteiger partial charge in [0.2, 0.25) is 0 Å². The predicted octanol–water partition coefficient (Wildman–Crippen LogP) is 4.15. The molecular formula is C15H12F5NO. The smallest absolute Gasteiger partial charge is 0.405 e. The summed E-state index contributed by atoms with van der Waals surface area (Å²) in [7, 11) is 0. The summed E-state index contributed by atoms with van der Waals surface area (Å²) in [6, 6.07) is 9.12. The fourth-order valence-electron chi connectivity index (χ4n) is 1.87. The molecule has 1 N–H and O–H groups in total. The molecule has 7 heteroatoms. The van der Waals surface area contributed by atoms with Crippen molar-refractivity contribution in [3.8, 4) is 5.75 Å². The van der Waals surface area contributed by atoms with Gasteiger partial charge in [0.25, 0.3) is 0 Å². The Bertz CT molecular complexity index is 642. The molecule has 0 atom stereocenters. The fourth-order valence-corrected chi connectivity index (χ4v) is 1.87. The van der Waals surface area contributed by atoms with Crippen LogP contribution in [0.4, 0.5) is 22.0 Å². The number of rotatable bonds is 5. The van der Waals surface area contributed by atoms with Crippen molar-refractivity contribution in [3.63, 3.8) is 0 Å². The third-order valence-electron chi connectivity index (χ3n) is 2.83. The molecule has 2 rings (SSSR count). The van der Waals surface area contributed by atoms with Gasteiger partial charge in [-0.1, -0.05) is 24.3 Å². The molecule has 2 aromatic carbocycles. The summed E-state index contributed by atoms with van der Waals surface area (Å²) >= 11 is 0. The zero-order chi connectivity index (χ0) is 16.2. The van der Waals surface area contributed by atoms with Crippen molar-refractivity contribution >= 4 is 0 Å². The topological polar surface area (TPSA) is 21.3 Å². The van der Waals surface area contributed by atoms with Gasteiger partial charge < -0.3 is 10.1 Å². The first-order valence-corrected chi connectivity index (χ1v) is 6.33. The Morgan fingerprint density at radius 2 is 1.64 bits per heavy atom. The van der Waals surface area contributed by atoms with E-state index in [0.717, 1.165) is 12.1 Å². The number of ether oxygens (including phenoxy) is 1. The molecule has 22 heavy (non-hydrogen) atoms. The second-order valence-electron chi connectivity index (χ2n) is 4.51. The monoisotopic (exact) mass is 317 g/mol.